The van der Waals surface area contributed by atoms with Crippen LogP contribution in [0.1, 0.15) is 96.8 Å². The molecule has 18 nitrogen and oxygen atoms in total. The Labute approximate surface area is 460 Å². The first-order valence-corrected chi connectivity index (χ1v) is 27.1. The van der Waals surface area contributed by atoms with Crippen LogP contribution in [0.4, 0.5) is 14.6 Å². The number of aryl methyl sites for hydroxylation is 2. The highest BCUT2D eigenvalue weighted by Crippen LogP contribution is 2.52. The van der Waals surface area contributed by atoms with Crippen molar-refractivity contribution in [1.82, 2.24) is 45.2 Å². The molecule has 5 heterocycles. The maximum Gasteiger partial charge on any atom is 0.586 e. The number of fused-ring (bicyclic) bond motifs is 2. The monoisotopic (exact) mass is 1090 g/mol. The molecule has 1 aliphatic carbocycles. The van der Waals surface area contributed by atoms with Gasteiger partial charge in [-0.15, -0.1) is 8.78 Å². The molecule has 416 valence electrons. The Hall–Kier alpha value is -8.36. The van der Waals surface area contributed by atoms with Crippen LogP contribution in [0, 0.1) is 6.92 Å². The number of aliphatic hydroxyl groups is 1. The number of likely N-dealkylation sites (tertiary alicyclic amines) is 1. The van der Waals surface area contributed by atoms with Crippen molar-refractivity contribution in [1.29, 1.82) is 0 Å². The molecule has 0 bridgehead atoms. The average Bonchev–Trinajstić information content (AvgIpc) is 4.28. The number of hydrogen-bond acceptors (Lipinski definition) is 12. The molecule has 4 aromatic carbocycles. The molecule has 3 aromatic heterocycles. The normalized spacial score (nSPS) is 16.0. The lowest BCUT2D eigenvalue weighted by Gasteiger charge is -2.38. The summed E-state index contributed by atoms with van der Waals surface area (Å²) in [5, 5.41) is 28.1. The Balaban J connectivity index is 0.623. The second kappa shape index (κ2) is 23.2. The smallest absolute Gasteiger partial charge is 0.395 e. The minimum atomic E-state index is -3.76. The van der Waals surface area contributed by atoms with Crippen molar-refractivity contribution >= 4 is 40.5 Å². The van der Waals surface area contributed by atoms with Crippen LogP contribution in [-0.4, -0.2) is 103 Å². The summed E-state index contributed by atoms with van der Waals surface area (Å²) < 4.78 is 39.5. The fraction of sp³-hybridized carbons (Fsp3) is 0.367. The first-order valence-electron chi connectivity index (χ1n) is 27.1. The van der Waals surface area contributed by atoms with Crippen molar-refractivity contribution in [3.63, 3.8) is 0 Å². The number of hydrogen-bond donors (Lipinski definition) is 5. The molecule has 0 spiro atoms. The summed E-state index contributed by atoms with van der Waals surface area (Å²) in [4.78, 5) is 77.4. The number of alkyl halides is 2. The summed E-state index contributed by atoms with van der Waals surface area (Å²) in [6, 6.07) is 32.7. The molecule has 7 aromatic rings. The van der Waals surface area contributed by atoms with Crippen LogP contribution in [0.5, 0.6) is 11.5 Å². The van der Waals surface area contributed by atoms with E-state index >= 15 is 0 Å². The second-order valence-electron chi connectivity index (χ2n) is 21.2. The van der Waals surface area contributed by atoms with E-state index in [2.05, 4.69) is 40.8 Å². The van der Waals surface area contributed by atoms with Gasteiger partial charge in [-0.1, -0.05) is 85.8 Å². The van der Waals surface area contributed by atoms with Crippen LogP contribution in [0.25, 0.3) is 33.5 Å². The number of carbonyl (C=O) groups excluding carboxylic acids is 4. The molecular weight excluding hydrogens is 1030 g/mol. The molecule has 4 amide bonds. The lowest BCUT2D eigenvalue weighted by Crippen LogP contribution is -2.49. The summed E-state index contributed by atoms with van der Waals surface area (Å²) in [5.41, 5.74) is 4.89. The number of piperidine rings is 1. The molecule has 1 atom stereocenters. The van der Waals surface area contributed by atoms with Gasteiger partial charge in [-0.25, -0.2) is 9.97 Å². The Bertz CT molecular complexity index is 3500. The molecule has 5 N–H and O–H groups in total. The van der Waals surface area contributed by atoms with Crippen molar-refractivity contribution in [3.05, 3.63) is 154 Å². The van der Waals surface area contributed by atoms with E-state index in [4.69, 9.17) is 4.98 Å². The molecular formula is C60H64F2N10O8. The topological polar surface area (TPSA) is 224 Å². The SMILES string of the molecule is Cc1ccc(NC(=O)C2(c3ccc4c(c3)OC(F)(F)O4)CC2)nc1-c1cccc(C(=O)NCCCCCNC(=O)CNCc2ccc(-c3c4ncn(CC5(O)CCN(C(=O)C[C@@H](C)c6ccccc6)CC5)c(=O)c4nn3C)cc2)c1. The fourth-order valence-corrected chi connectivity index (χ4v) is 10.5. The zero-order valence-corrected chi connectivity index (χ0v) is 44.9. The zero-order chi connectivity index (χ0) is 56.2. The molecule has 3 aliphatic rings. The first-order chi connectivity index (χ1) is 38.5. The Morgan fingerprint density at radius 1 is 0.800 bits per heavy atom. The van der Waals surface area contributed by atoms with E-state index in [-0.39, 0.29) is 65.2 Å². The van der Waals surface area contributed by atoms with E-state index in [0.29, 0.717) is 111 Å². The standard InChI is InChI=1S/C60H64F2N10O8/c1-38-15-22-48(68-57(77)59(23-24-59)45-20-21-46-47(33-45)80-60(61,62)79-46)67-51(38)43-13-10-14-44(32-43)55(75)65-28-9-5-8-27-64-49(73)35-63-34-40-16-18-42(19-17-40)54-52-53(69-70(54)3)56(76)72(37-66-52)36-58(78)25-29-71(30-26-58)50(74)31-39(2)41-11-6-4-7-12-41/h4,6-7,10-22,32-33,37,39,63,78H,5,8-9,23-31,34-36H2,1-3H3,(H,64,73)(H,65,75)(H,67,68,77)/t39-/m1/s1. The van der Waals surface area contributed by atoms with Gasteiger partial charge < -0.3 is 40.7 Å². The third kappa shape index (κ3) is 12.4. The van der Waals surface area contributed by atoms with E-state index in [1.807, 2.05) is 80.6 Å². The summed E-state index contributed by atoms with van der Waals surface area (Å²) in [6.07, 6.45) is 2.07. The lowest BCUT2D eigenvalue weighted by atomic mass is 9.90. The molecule has 2 aliphatic heterocycles. The average molecular weight is 1090 g/mol. The zero-order valence-electron chi connectivity index (χ0n) is 44.9. The third-order valence-corrected chi connectivity index (χ3v) is 15.4. The number of carbonyl (C=O) groups is 4. The van der Waals surface area contributed by atoms with Crippen molar-refractivity contribution in [3.8, 4) is 34.0 Å². The Morgan fingerprint density at radius 3 is 2.29 bits per heavy atom. The van der Waals surface area contributed by atoms with Crippen LogP contribution in [0.3, 0.4) is 0 Å². The summed E-state index contributed by atoms with van der Waals surface area (Å²) in [7, 11) is 1.76. The largest absolute Gasteiger partial charge is 0.586 e. The minimum Gasteiger partial charge on any atom is -0.395 e. The summed E-state index contributed by atoms with van der Waals surface area (Å²) in [6.45, 7) is 6.30. The fourth-order valence-electron chi connectivity index (χ4n) is 10.5. The predicted octanol–water partition coefficient (Wildman–Crippen LogP) is 7.51. The van der Waals surface area contributed by atoms with Gasteiger partial charge in [0.1, 0.15) is 11.3 Å². The quantitative estimate of drug-likeness (QED) is 0.0441. The number of anilines is 1. The van der Waals surface area contributed by atoms with Crippen LogP contribution in [-0.2, 0) is 39.9 Å². The van der Waals surface area contributed by atoms with E-state index in [1.54, 1.807) is 47.0 Å². The van der Waals surface area contributed by atoms with Gasteiger partial charge in [-0.05, 0) is 110 Å². The van der Waals surface area contributed by atoms with Gasteiger partial charge in [-0.2, -0.15) is 5.10 Å². The van der Waals surface area contributed by atoms with Crippen molar-refractivity contribution in [2.75, 3.05) is 38.0 Å². The third-order valence-electron chi connectivity index (χ3n) is 15.4. The number of benzene rings is 4. The van der Waals surface area contributed by atoms with Crippen LogP contribution in [0.2, 0.25) is 0 Å². The number of unbranched alkanes of at least 4 members (excludes halogenated alkanes) is 2. The number of rotatable bonds is 21. The van der Waals surface area contributed by atoms with Gasteiger partial charge >= 0.3 is 6.29 Å². The van der Waals surface area contributed by atoms with Gasteiger partial charge in [0, 0.05) is 62.9 Å². The predicted molar refractivity (Wildman–Crippen MR) is 296 cm³/mol. The van der Waals surface area contributed by atoms with Crippen LogP contribution < -0.4 is 36.3 Å². The molecule has 10 rings (SSSR count). The van der Waals surface area contributed by atoms with Crippen LogP contribution in [0.15, 0.2) is 120 Å². The first kappa shape index (κ1) is 55.0. The van der Waals surface area contributed by atoms with Gasteiger partial charge in [-0.3, -0.25) is 33.2 Å². The molecule has 1 saturated heterocycles. The second-order valence-corrected chi connectivity index (χ2v) is 21.2. The Kier molecular flexibility index (Phi) is 15.9. The Morgan fingerprint density at radius 2 is 1.54 bits per heavy atom. The van der Waals surface area contributed by atoms with Crippen molar-refractivity contribution in [2.24, 2.45) is 7.05 Å². The number of nitrogens with zero attached hydrogens (tertiary/aromatic N) is 6. The highest BCUT2D eigenvalue weighted by atomic mass is 19.3. The van der Waals surface area contributed by atoms with Crippen molar-refractivity contribution < 1.29 is 42.5 Å². The van der Waals surface area contributed by atoms with E-state index in [9.17, 15) is 37.9 Å². The van der Waals surface area contributed by atoms with Gasteiger partial charge in [0.15, 0.2) is 17.0 Å². The number of ether oxygens (including phenoxy) is 2. The lowest BCUT2D eigenvalue weighted by molar-refractivity contribution is -0.286. The molecule has 80 heavy (non-hydrogen) atoms. The van der Waals surface area contributed by atoms with Gasteiger partial charge in [0.25, 0.3) is 11.5 Å². The number of aromatic nitrogens is 5. The van der Waals surface area contributed by atoms with E-state index < -0.39 is 17.3 Å². The van der Waals surface area contributed by atoms with Gasteiger partial charge in [0.2, 0.25) is 17.7 Å². The molecule has 20 heteroatoms. The highest BCUT2D eigenvalue weighted by molar-refractivity contribution is 6.01. The van der Waals surface area contributed by atoms with Gasteiger partial charge in [0.05, 0.1) is 41.8 Å². The van der Waals surface area contributed by atoms with E-state index in [0.717, 1.165) is 35.1 Å². The number of pyridine rings is 1. The molecule has 2 fully saturated rings. The maximum atomic E-state index is 13.7. The minimum absolute atomic E-state index is 0.0436. The molecule has 0 unspecified atom stereocenters. The maximum absolute atomic E-state index is 13.7. The summed E-state index contributed by atoms with van der Waals surface area (Å²) >= 11 is 0. The highest BCUT2D eigenvalue weighted by Gasteiger charge is 2.53. The van der Waals surface area contributed by atoms with Crippen molar-refractivity contribution in [2.45, 2.75) is 102 Å². The molecule has 1 saturated carbocycles. The van der Waals surface area contributed by atoms with Crippen LogP contribution >= 0.6 is 0 Å². The number of amides is 4. The van der Waals surface area contributed by atoms with E-state index in [1.165, 1.54) is 23.0 Å². The summed E-state index contributed by atoms with van der Waals surface area (Å²) in [5.74, 6) is -0.439. The number of halogens is 2. The number of nitrogens with one attached hydrogen (secondary N) is 4. The molecule has 0 radical (unpaired) electrons.